The Morgan fingerprint density at radius 3 is 2.61 bits per heavy atom. The van der Waals surface area contributed by atoms with Crippen LogP contribution in [-0.2, 0) is 9.53 Å². The predicted molar refractivity (Wildman–Crippen MR) is 107 cm³/mol. The van der Waals surface area contributed by atoms with Gasteiger partial charge in [0.2, 0.25) is 5.90 Å². The molecule has 2 unspecified atom stereocenters. The van der Waals surface area contributed by atoms with Gasteiger partial charge in [0.15, 0.2) is 0 Å². The van der Waals surface area contributed by atoms with Gasteiger partial charge in [-0.25, -0.2) is 0 Å². The summed E-state index contributed by atoms with van der Waals surface area (Å²) in [5.41, 5.74) is 1.70. The average molecular weight is 375 g/mol. The number of esters is 1. The fraction of sp³-hybridized carbons (Fsp3) is 0.217. The number of carbonyl (C=O) groups excluding carboxylic acids is 1. The number of rotatable bonds is 4. The lowest BCUT2D eigenvalue weighted by atomic mass is 9.76. The van der Waals surface area contributed by atoms with Gasteiger partial charge in [0.1, 0.15) is 17.4 Å². The van der Waals surface area contributed by atoms with E-state index in [0.29, 0.717) is 11.5 Å². The molecule has 0 saturated heterocycles. The fourth-order valence-corrected chi connectivity index (χ4v) is 3.92. The van der Waals surface area contributed by atoms with Crippen LogP contribution in [0, 0.1) is 11.3 Å². The molecular formula is C23H21NO4. The number of para-hydroxylation sites is 1. The van der Waals surface area contributed by atoms with Crippen molar-refractivity contribution in [2.75, 3.05) is 13.7 Å². The molecule has 28 heavy (non-hydrogen) atoms. The molecule has 0 radical (unpaired) electrons. The van der Waals surface area contributed by atoms with Gasteiger partial charge in [-0.05, 0) is 29.8 Å². The fourth-order valence-electron chi connectivity index (χ4n) is 3.92. The summed E-state index contributed by atoms with van der Waals surface area (Å²) < 4.78 is 16.7. The normalized spacial score (nSPS) is 18.3. The van der Waals surface area contributed by atoms with E-state index in [4.69, 9.17) is 19.6 Å². The second-order valence-electron chi connectivity index (χ2n) is 6.61. The van der Waals surface area contributed by atoms with E-state index in [1.165, 1.54) is 0 Å². The summed E-state index contributed by atoms with van der Waals surface area (Å²) >= 11 is 0. The number of carbonyl (C=O) groups is 1. The van der Waals surface area contributed by atoms with Gasteiger partial charge in [-0.1, -0.05) is 48.5 Å². The smallest absolute Gasteiger partial charge is 0.319 e. The van der Waals surface area contributed by atoms with Crippen molar-refractivity contribution in [1.29, 1.82) is 5.41 Å². The minimum absolute atomic E-state index is 0.114. The first-order valence-electron chi connectivity index (χ1n) is 9.23. The molecule has 1 aliphatic rings. The Bertz CT molecular complexity index is 1060. The summed E-state index contributed by atoms with van der Waals surface area (Å²) in [6.07, 6.45) is 0. The molecule has 0 fully saturated rings. The zero-order valence-corrected chi connectivity index (χ0v) is 15.8. The van der Waals surface area contributed by atoms with Crippen molar-refractivity contribution in [3.8, 4) is 11.5 Å². The first kappa shape index (κ1) is 18.0. The van der Waals surface area contributed by atoms with Crippen LogP contribution in [0.4, 0.5) is 0 Å². The third kappa shape index (κ3) is 2.89. The van der Waals surface area contributed by atoms with E-state index in [1.807, 2.05) is 60.7 Å². The lowest BCUT2D eigenvalue weighted by molar-refractivity contribution is -0.146. The van der Waals surface area contributed by atoms with Crippen LogP contribution in [0.5, 0.6) is 11.5 Å². The van der Waals surface area contributed by atoms with Crippen molar-refractivity contribution in [2.24, 2.45) is 5.92 Å². The molecule has 3 aromatic carbocycles. The maximum Gasteiger partial charge on any atom is 0.319 e. The van der Waals surface area contributed by atoms with E-state index in [0.717, 1.165) is 21.9 Å². The highest BCUT2D eigenvalue weighted by molar-refractivity contribution is 6.03. The first-order valence-corrected chi connectivity index (χ1v) is 9.23. The zero-order valence-electron chi connectivity index (χ0n) is 15.8. The predicted octanol–water partition coefficient (Wildman–Crippen LogP) is 4.53. The summed E-state index contributed by atoms with van der Waals surface area (Å²) in [5, 5.41) is 10.5. The van der Waals surface area contributed by atoms with E-state index in [2.05, 4.69) is 0 Å². The highest BCUT2D eigenvalue weighted by atomic mass is 16.5. The van der Waals surface area contributed by atoms with Gasteiger partial charge in [0, 0.05) is 17.0 Å². The zero-order chi connectivity index (χ0) is 19.7. The van der Waals surface area contributed by atoms with E-state index >= 15 is 0 Å². The molecule has 0 saturated carbocycles. The van der Waals surface area contributed by atoms with Crippen LogP contribution in [-0.4, -0.2) is 25.6 Å². The summed E-state index contributed by atoms with van der Waals surface area (Å²) in [4.78, 5) is 12.9. The molecule has 5 nitrogen and oxygen atoms in total. The number of nitrogens with one attached hydrogen (secondary N) is 1. The minimum atomic E-state index is -0.880. The maximum atomic E-state index is 12.9. The van der Waals surface area contributed by atoms with Gasteiger partial charge in [-0.2, -0.15) is 0 Å². The number of hydrogen-bond donors (Lipinski definition) is 1. The Labute approximate surface area is 163 Å². The SMILES string of the molecule is CCOC(=O)C1C(=N)Oc2ccc3ccccc3c2C1c1ccccc1OC. The van der Waals surface area contributed by atoms with Crippen LogP contribution in [0.1, 0.15) is 24.0 Å². The molecule has 2 atom stereocenters. The van der Waals surface area contributed by atoms with Gasteiger partial charge in [0.25, 0.3) is 0 Å². The third-order valence-electron chi connectivity index (χ3n) is 5.09. The van der Waals surface area contributed by atoms with Gasteiger partial charge in [-0.15, -0.1) is 0 Å². The Morgan fingerprint density at radius 2 is 1.82 bits per heavy atom. The molecule has 3 aromatic rings. The average Bonchev–Trinajstić information content (AvgIpc) is 2.72. The van der Waals surface area contributed by atoms with Crippen LogP contribution in [0.25, 0.3) is 10.8 Å². The second-order valence-corrected chi connectivity index (χ2v) is 6.61. The number of ether oxygens (including phenoxy) is 3. The number of methoxy groups -OCH3 is 1. The Morgan fingerprint density at radius 1 is 1.07 bits per heavy atom. The molecule has 0 aromatic heterocycles. The van der Waals surface area contributed by atoms with Crippen LogP contribution >= 0.6 is 0 Å². The number of fused-ring (bicyclic) bond motifs is 3. The molecule has 5 heteroatoms. The molecular weight excluding hydrogens is 354 g/mol. The number of hydrogen-bond acceptors (Lipinski definition) is 5. The minimum Gasteiger partial charge on any atom is -0.496 e. The standard InChI is InChI=1S/C23H21NO4/c1-3-27-23(25)21-20(16-10-6-7-11-17(16)26-2)19-15-9-5-4-8-14(15)12-13-18(19)28-22(21)24/h4-13,20-21,24H,3H2,1-2H3. The topological polar surface area (TPSA) is 68.6 Å². The monoisotopic (exact) mass is 375 g/mol. The van der Waals surface area contributed by atoms with Crippen LogP contribution in [0.3, 0.4) is 0 Å². The Balaban J connectivity index is 2.03. The first-order chi connectivity index (χ1) is 13.7. The molecule has 0 bridgehead atoms. The quantitative estimate of drug-likeness (QED) is 0.680. The third-order valence-corrected chi connectivity index (χ3v) is 5.09. The van der Waals surface area contributed by atoms with Crippen molar-refractivity contribution >= 4 is 22.6 Å². The summed E-state index contributed by atoms with van der Waals surface area (Å²) in [7, 11) is 1.60. The molecule has 0 spiro atoms. The van der Waals surface area contributed by atoms with Gasteiger partial charge >= 0.3 is 5.97 Å². The van der Waals surface area contributed by atoms with E-state index in [9.17, 15) is 4.79 Å². The van der Waals surface area contributed by atoms with Gasteiger partial charge < -0.3 is 14.2 Å². The molecule has 1 N–H and O–H groups in total. The molecule has 0 amide bonds. The molecule has 1 aliphatic heterocycles. The van der Waals surface area contributed by atoms with E-state index in [1.54, 1.807) is 14.0 Å². The summed E-state index contributed by atoms with van der Waals surface area (Å²) in [6, 6.07) is 19.4. The van der Waals surface area contributed by atoms with Crippen LogP contribution in [0.15, 0.2) is 60.7 Å². The maximum absolute atomic E-state index is 12.9. The lowest BCUT2D eigenvalue weighted by Crippen LogP contribution is -2.38. The highest BCUT2D eigenvalue weighted by Gasteiger charge is 2.44. The second kappa shape index (κ2) is 7.35. The van der Waals surface area contributed by atoms with Gasteiger partial charge in [0.05, 0.1) is 13.7 Å². The van der Waals surface area contributed by atoms with E-state index in [-0.39, 0.29) is 12.5 Å². The molecule has 1 heterocycles. The molecule has 142 valence electrons. The van der Waals surface area contributed by atoms with E-state index < -0.39 is 17.8 Å². The lowest BCUT2D eigenvalue weighted by Gasteiger charge is -2.34. The Kier molecular flexibility index (Phi) is 4.74. The van der Waals surface area contributed by atoms with Crippen LogP contribution in [0.2, 0.25) is 0 Å². The van der Waals surface area contributed by atoms with Crippen molar-refractivity contribution in [3.63, 3.8) is 0 Å². The highest BCUT2D eigenvalue weighted by Crippen LogP contribution is 2.48. The van der Waals surface area contributed by atoms with Crippen molar-refractivity contribution in [3.05, 3.63) is 71.8 Å². The number of benzene rings is 3. The van der Waals surface area contributed by atoms with Gasteiger partial charge in [-0.3, -0.25) is 10.2 Å². The van der Waals surface area contributed by atoms with Crippen molar-refractivity contribution in [2.45, 2.75) is 12.8 Å². The largest absolute Gasteiger partial charge is 0.496 e. The van der Waals surface area contributed by atoms with Crippen molar-refractivity contribution < 1.29 is 19.0 Å². The van der Waals surface area contributed by atoms with Crippen LogP contribution < -0.4 is 9.47 Å². The molecule has 4 rings (SSSR count). The molecule has 0 aliphatic carbocycles. The van der Waals surface area contributed by atoms with Crippen molar-refractivity contribution in [1.82, 2.24) is 0 Å². The summed E-state index contributed by atoms with van der Waals surface area (Å²) in [6.45, 7) is 2.00. The Hall–Kier alpha value is -3.34. The summed E-state index contributed by atoms with van der Waals surface area (Å²) in [5.74, 6) is -0.665.